The Kier molecular flexibility index (Phi) is 7.29. The van der Waals surface area contributed by atoms with Gasteiger partial charge in [-0.05, 0) is 56.8 Å². The van der Waals surface area contributed by atoms with Crippen LogP contribution in [0.2, 0.25) is 5.02 Å². The lowest BCUT2D eigenvalue weighted by Gasteiger charge is -2.24. The van der Waals surface area contributed by atoms with E-state index in [1.807, 2.05) is 45.3 Å². The second kappa shape index (κ2) is 9.44. The smallest absolute Gasteiger partial charge is 0.257 e. The molecule has 1 unspecified atom stereocenters. The van der Waals surface area contributed by atoms with Crippen LogP contribution in [-0.2, 0) is 11.2 Å². The van der Waals surface area contributed by atoms with Gasteiger partial charge < -0.3 is 15.0 Å². The van der Waals surface area contributed by atoms with Crippen molar-refractivity contribution in [1.82, 2.24) is 10.2 Å². The second-order valence-corrected chi connectivity index (χ2v) is 6.72. The second-order valence-electron chi connectivity index (χ2n) is 6.31. The minimum atomic E-state index is -0.132. The molecule has 2 rings (SSSR count). The van der Waals surface area contributed by atoms with Gasteiger partial charge in [-0.15, -0.1) is 0 Å². The first-order valence-electron chi connectivity index (χ1n) is 8.31. The minimum absolute atomic E-state index is 0.00738. The third-order valence-electron chi connectivity index (χ3n) is 4.08. The molecule has 0 saturated heterocycles. The lowest BCUT2D eigenvalue weighted by molar-refractivity contribution is -0.123. The Labute approximate surface area is 154 Å². The van der Waals surface area contributed by atoms with Crippen LogP contribution in [0.1, 0.15) is 11.1 Å². The average Bonchev–Trinajstić information content (AvgIpc) is 2.60. The number of nitrogens with one attached hydrogen (secondary N) is 1. The van der Waals surface area contributed by atoms with Gasteiger partial charge in [0.1, 0.15) is 5.75 Å². The van der Waals surface area contributed by atoms with Crippen LogP contribution in [-0.4, -0.2) is 44.1 Å². The van der Waals surface area contributed by atoms with Crippen molar-refractivity contribution in [3.63, 3.8) is 0 Å². The van der Waals surface area contributed by atoms with E-state index in [0.29, 0.717) is 17.3 Å². The first-order chi connectivity index (χ1) is 12.0. The third-order valence-corrected chi connectivity index (χ3v) is 4.50. The molecule has 0 bridgehead atoms. The number of nitrogens with zero attached hydrogens (tertiary/aromatic N) is 1. The van der Waals surface area contributed by atoms with E-state index in [1.54, 1.807) is 12.1 Å². The summed E-state index contributed by atoms with van der Waals surface area (Å²) in [5.74, 6) is 0.512. The van der Waals surface area contributed by atoms with Crippen LogP contribution in [0.4, 0.5) is 0 Å². The molecule has 0 saturated carbocycles. The maximum absolute atomic E-state index is 12.1. The number of ether oxygens (including phenoxy) is 1. The Bertz CT molecular complexity index is 689. The zero-order valence-electron chi connectivity index (χ0n) is 15.0. The van der Waals surface area contributed by atoms with Gasteiger partial charge in [0, 0.05) is 17.6 Å². The first kappa shape index (κ1) is 19.3. The number of hydrogen-bond acceptors (Lipinski definition) is 3. The van der Waals surface area contributed by atoms with E-state index in [2.05, 4.69) is 22.3 Å². The molecule has 0 aliphatic carbocycles. The van der Waals surface area contributed by atoms with E-state index >= 15 is 0 Å². The number of amides is 1. The van der Waals surface area contributed by atoms with Gasteiger partial charge in [-0.3, -0.25) is 4.79 Å². The summed E-state index contributed by atoms with van der Waals surface area (Å²) in [6.07, 6.45) is 0.880. The fraction of sp³-hybridized carbons (Fsp3) is 0.350. The van der Waals surface area contributed by atoms with E-state index in [4.69, 9.17) is 16.3 Å². The van der Waals surface area contributed by atoms with Crippen LogP contribution in [0, 0.1) is 6.92 Å². The number of rotatable bonds is 8. The predicted molar refractivity (Wildman–Crippen MR) is 102 cm³/mol. The molecule has 5 heteroatoms. The molecular formula is C20H25ClN2O2. The van der Waals surface area contributed by atoms with E-state index < -0.39 is 0 Å². The molecule has 0 fully saturated rings. The molecule has 2 aromatic carbocycles. The standard InChI is InChI=1S/C20H25ClN2O2/c1-15-11-18(9-10-19(15)21)25-14-20(24)22-13-17(23(2)3)12-16-7-5-4-6-8-16/h4-11,17H,12-14H2,1-3H3,(H,22,24). The zero-order chi connectivity index (χ0) is 18.2. The Morgan fingerprint density at radius 3 is 2.56 bits per heavy atom. The molecule has 1 N–H and O–H groups in total. The molecule has 0 aliphatic heterocycles. The highest BCUT2D eigenvalue weighted by molar-refractivity contribution is 6.31. The summed E-state index contributed by atoms with van der Waals surface area (Å²) < 4.78 is 5.53. The zero-order valence-corrected chi connectivity index (χ0v) is 15.7. The number of carbonyl (C=O) groups excluding carboxylic acids is 1. The number of hydrogen-bond donors (Lipinski definition) is 1. The van der Waals surface area contributed by atoms with Gasteiger partial charge in [0.2, 0.25) is 0 Å². The normalized spacial score (nSPS) is 12.0. The monoisotopic (exact) mass is 360 g/mol. The van der Waals surface area contributed by atoms with Crippen molar-refractivity contribution in [2.24, 2.45) is 0 Å². The van der Waals surface area contributed by atoms with Gasteiger partial charge in [-0.2, -0.15) is 0 Å². The number of likely N-dealkylation sites (N-methyl/N-ethyl adjacent to an activating group) is 1. The summed E-state index contributed by atoms with van der Waals surface area (Å²) in [5, 5.41) is 3.64. The Hall–Kier alpha value is -2.04. The summed E-state index contributed by atoms with van der Waals surface area (Å²) in [5.41, 5.74) is 2.18. The maximum Gasteiger partial charge on any atom is 0.257 e. The molecule has 134 valence electrons. The molecule has 1 amide bonds. The van der Waals surface area contributed by atoms with E-state index in [0.717, 1.165) is 12.0 Å². The Morgan fingerprint density at radius 2 is 1.92 bits per heavy atom. The van der Waals surface area contributed by atoms with Crippen molar-refractivity contribution < 1.29 is 9.53 Å². The highest BCUT2D eigenvalue weighted by Gasteiger charge is 2.14. The van der Waals surface area contributed by atoms with Crippen LogP contribution < -0.4 is 10.1 Å². The van der Waals surface area contributed by atoms with E-state index in [1.165, 1.54) is 5.56 Å². The molecule has 2 aromatic rings. The predicted octanol–water partition coefficient (Wildman–Crippen LogP) is 3.32. The summed E-state index contributed by atoms with van der Waals surface area (Å²) >= 11 is 5.98. The topological polar surface area (TPSA) is 41.6 Å². The van der Waals surface area contributed by atoms with Crippen molar-refractivity contribution in [2.75, 3.05) is 27.2 Å². The number of benzene rings is 2. The SMILES string of the molecule is Cc1cc(OCC(=O)NCC(Cc2ccccc2)N(C)C)ccc1Cl. The van der Waals surface area contributed by atoms with Crippen LogP contribution in [0.5, 0.6) is 5.75 Å². The van der Waals surface area contributed by atoms with E-state index in [9.17, 15) is 4.79 Å². The first-order valence-corrected chi connectivity index (χ1v) is 8.69. The summed E-state index contributed by atoms with van der Waals surface area (Å²) in [7, 11) is 4.04. The molecule has 0 radical (unpaired) electrons. The van der Waals surface area contributed by atoms with Crippen LogP contribution >= 0.6 is 11.6 Å². The molecule has 25 heavy (non-hydrogen) atoms. The number of aryl methyl sites for hydroxylation is 1. The molecule has 0 spiro atoms. The van der Waals surface area contributed by atoms with Crippen LogP contribution in [0.25, 0.3) is 0 Å². The van der Waals surface area contributed by atoms with Crippen molar-refractivity contribution >= 4 is 17.5 Å². The van der Waals surface area contributed by atoms with Crippen molar-refractivity contribution in [3.05, 3.63) is 64.7 Å². The highest BCUT2D eigenvalue weighted by Crippen LogP contribution is 2.20. The lowest BCUT2D eigenvalue weighted by Crippen LogP contribution is -2.42. The molecular weight excluding hydrogens is 336 g/mol. The van der Waals surface area contributed by atoms with Crippen LogP contribution in [0.15, 0.2) is 48.5 Å². The number of halogens is 1. The highest BCUT2D eigenvalue weighted by atomic mass is 35.5. The fourth-order valence-corrected chi connectivity index (χ4v) is 2.58. The molecule has 0 aliphatic rings. The quantitative estimate of drug-likeness (QED) is 0.785. The van der Waals surface area contributed by atoms with Gasteiger partial charge in [-0.25, -0.2) is 0 Å². The van der Waals surface area contributed by atoms with Crippen LogP contribution in [0.3, 0.4) is 0 Å². The van der Waals surface area contributed by atoms with Crippen molar-refractivity contribution in [2.45, 2.75) is 19.4 Å². The summed E-state index contributed by atoms with van der Waals surface area (Å²) in [6.45, 7) is 2.47. The fourth-order valence-electron chi connectivity index (χ4n) is 2.46. The summed E-state index contributed by atoms with van der Waals surface area (Å²) in [4.78, 5) is 14.2. The van der Waals surface area contributed by atoms with Gasteiger partial charge in [0.15, 0.2) is 6.61 Å². The third kappa shape index (κ3) is 6.40. The van der Waals surface area contributed by atoms with Gasteiger partial charge in [0.05, 0.1) is 0 Å². The molecule has 0 heterocycles. The van der Waals surface area contributed by atoms with Gasteiger partial charge in [-0.1, -0.05) is 41.9 Å². The molecule has 1 atom stereocenters. The largest absolute Gasteiger partial charge is 0.484 e. The summed E-state index contributed by atoms with van der Waals surface area (Å²) in [6, 6.07) is 15.9. The van der Waals surface area contributed by atoms with Crippen molar-refractivity contribution in [3.8, 4) is 5.75 Å². The lowest BCUT2D eigenvalue weighted by atomic mass is 10.1. The Morgan fingerprint density at radius 1 is 1.20 bits per heavy atom. The molecule has 0 aromatic heterocycles. The average molecular weight is 361 g/mol. The van der Waals surface area contributed by atoms with Crippen molar-refractivity contribution in [1.29, 1.82) is 0 Å². The number of carbonyl (C=O) groups is 1. The molecule has 4 nitrogen and oxygen atoms in total. The van der Waals surface area contributed by atoms with Gasteiger partial charge in [0.25, 0.3) is 5.91 Å². The minimum Gasteiger partial charge on any atom is -0.484 e. The Balaban J connectivity index is 1.81. The maximum atomic E-state index is 12.1. The van der Waals surface area contributed by atoms with Gasteiger partial charge >= 0.3 is 0 Å². The van der Waals surface area contributed by atoms with E-state index in [-0.39, 0.29) is 18.6 Å².